The summed E-state index contributed by atoms with van der Waals surface area (Å²) in [5.74, 6) is 1.19. The van der Waals surface area contributed by atoms with Crippen LogP contribution in [0.2, 0.25) is 0 Å². The number of amides is 1. The molecule has 0 aromatic carbocycles. The predicted molar refractivity (Wildman–Crippen MR) is 90.2 cm³/mol. The number of aromatic nitrogens is 4. The van der Waals surface area contributed by atoms with Crippen LogP contribution < -0.4 is 4.90 Å². The topological polar surface area (TPSA) is 91.2 Å². The normalized spacial score (nSPS) is 19.4. The number of carbonyl (C=O) groups excluding carboxylic acids is 1. The third kappa shape index (κ3) is 2.28. The number of rotatable bonds is 2. The summed E-state index contributed by atoms with van der Waals surface area (Å²) < 4.78 is 5.09. The Morgan fingerprint density at radius 1 is 1.24 bits per heavy atom. The van der Waals surface area contributed by atoms with Gasteiger partial charge in [0.1, 0.15) is 17.8 Å². The molecule has 0 bridgehead atoms. The summed E-state index contributed by atoms with van der Waals surface area (Å²) in [5, 5.41) is 4.69. The lowest BCUT2D eigenvalue weighted by Crippen LogP contribution is -2.46. The maximum absolute atomic E-state index is 12.8. The molecule has 8 nitrogen and oxygen atoms in total. The Balaban J connectivity index is 1.47. The molecular formula is C17H18N6O2. The number of aromatic amines is 1. The van der Waals surface area contributed by atoms with E-state index in [2.05, 4.69) is 25.0 Å². The van der Waals surface area contributed by atoms with E-state index in [1.54, 1.807) is 12.4 Å². The minimum absolute atomic E-state index is 0.0636. The maximum atomic E-state index is 12.8. The molecule has 5 rings (SSSR count). The van der Waals surface area contributed by atoms with Gasteiger partial charge in [-0.05, 0) is 25.3 Å². The van der Waals surface area contributed by atoms with Crippen molar-refractivity contribution in [1.29, 1.82) is 0 Å². The lowest BCUT2D eigenvalue weighted by molar-refractivity contribution is 0.0627. The largest absolute Gasteiger partial charge is 0.354 e. The first kappa shape index (κ1) is 14.4. The highest BCUT2D eigenvalue weighted by Gasteiger charge is 2.52. The van der Waals surface area contributed by atoms with Gasteiger partial charge in [-0.15, -0.1) is 0 Å². The SMILES string of the molecule is O=C(c1ccno1)N1CCCN(c2ncnc3[nH]ccc23)CC12CC2. The van der Waals surface area contributed by atoms with Crippen molar-refractivity contribution in [3.05, 3.63) is 36.6 Å². The van der Waals surface area contributed by atoms with Gasteiger partial charge < -0.3 is 19.3 Å². The molecule has 1 spiro atoms. The Labute approximate surface area is 143 Å². The maximum Gasteiger partial charge on any atom is 0.292 e. The van der Waals surface area contributed by atoms with Crippen LogP contribution in [0.25, 0.3) is 11.0 Å². The van der Waals surface area contributed by atoms with Crippen molar-refractivity contribution in [2.45, 2.75) is 24.8 Å². The van der Waals surface area contributed by atoms with Crippen LogP contribution >= 0.6 is 0 Å². The van der Waals surface area contributed by atoms with Gasteiger partial charge >= 0.3 is 0 Å². The van der Waals surface area contributed by atoms with E-state index < -0.39 is 0 Å². The molecular weight excluding hydrogens is 320 g/mol. The Hall–Kier alpha value is -2.90. The van der Waals surface area contributed by atoms with Gasteiger partial charge in [-0.2, -0.15) is 0 Å². The zero-order valence-electron chi connectivity index (χ0n) is 13.7. The molecule has 1 aliphatic heterocycles. The van der Waals surface area contributed by atoms with Gasteiger partial charge in [0.25, 0.3) is 5.91 Å². The smallest absolute Gasteiger partial charge is 0.292 e. The first-order valence-corrected chi connectivity index (χ1v) is 8.53. The monoisotopic (exact) mass is 338 g/mol. The molecule has 4 heterocycles. The van der Waals surface area contributed by atoms with E-state index >= 15 is 0 Å². The lowest BCUT2D eigenvalue weighted by Gasteiger charge is -2.32. The molecule has 3 aromatic rings. The molecule has 1 aliphatic carbocycles. The second-order valence-electron chi connectivity index (χ2n) is 6.77. The summed E-state index contributed by atoms with van der Waals surface area (Å²) in [5.41, 5.74) is 0.710. The van der Waals surface area contributed by atoms with Crippen LogP contribution in [-0.4, -0.2) is 56.1 Å². The van der Waals surface area contributed by atoms with E-state index in [0.29, 0.717) is 5.76 Å². The van der Waals surface area contributed by atoms with Gasteiger partial charge in [-0.25, -0.2) is 9.97 Å². The molecule has 0 atom stereocenters. The molecule has 3 aromatic heterocycles. The van der Waals surface area contributed by atoms with Gasteiger partial charge in [0.15, 0.2) is 0 Å². The van der Waals surface area contributed by atoms with Crippen LogP contribution in [0.4, 0.5) is 5.82 Å². The summed E-state index contributed by atoms with van der Waals surface area (Å²) >= 11 is 0. The van der Waals surface area contributed by atoms with E-state index in [9.17, 15) is 4.79 Å². The fourth-order valence-corrected chi connectivity index (χ4v) is 3.82. The van der Waals surface area contributed by atoms with Crippen molar-refractivity contribution in [3.8, 4) is 0 Å². The number of nitrogens with zero attached hydrogens (tertiary/aromatic N) is 5. The van der Waals surface area contributed by atoms with Gasteiger partial charge in [0.2, 0.25) is 5.76 Å². The zero-order chi connectivity index (χ0) is 16.9. The molecule has 8 heteroatoms. The van der Waals surface area contributed by atoms with E-state index in [1.807, 2.05) is 17.2 Å². The van der Waals surface area contributed by atoms with Gasteiger partial charge in [-0.1, -0.05) is 5.16 Å². The van der Waals surface area contributed by atoms with E-state index in [-0.39, 0.29) is 11.4 Å². The van der Waals surface area contributed by atoms with Crippen molar-refractivity contribution in [3.63, 3.8) is 0 Å². The zero-order valence-corrected chi connectivity index (χ0v) is 13.7. The van der Waals surface area contributed by atoms with Gasteiger partial charge in [-0.3, -0.25) is 4.79 Å². The molecule has 1 N–H and O–H groups in total. The number of H-pyrrole nitrogens is 1. The number of carbonyl (C=O) groups is 1. The number of anilines is 1. The number of nitrogens with one attached hydrogen (secondary N) is 1. The van der Waals surface area contributed by atoms with Crippen LogP contribution in [0.5, 0.6) is 0 Å². The summed E-state index contributed by atoms with van der Waals surface area (Å²) in [6, 6.07) is 3.64. The van der Waals surface area contributed by atoms with E-state index in [0.717, 1.165) is 55.7 Å². The predicted octanol–water partition coefficient (Wildman–Crippen LogP) is 1.83. The third-order valence-corrected chi connectivity index (χ3v) is 5.22. The fourth-order valence-electron chi connectivity index (χ4n) is 3.82. The van der Waals surface area contributed by atoms with Crippen LogP contribution in [0, 0.1) is 0 Å². The van der Waals surface area contributed by atoms with Crippen molar-refractivity contribution < 1.29 is 9.32 Å². The second kappa shape index (κ2) is 5.30. The molecule has 1 amide bonds. The molecule has 1 saturated heterocycles. The Kier molecular flexibility index (Phi) is 3.06. The number of fused-ring (bicyclic) bond motifs is 1. The van der Waals surface area contributed by atoms with Gasteiger partial charge in [0, 0.05) is 31.9 Å². The third-order valence-electron chi connectivity index (χ3n) is 5.22. The molecule has 2 aliphatic rings. The second-order valence-corrected chi connectivity index (χ2v) is 6.77. The van der Waals surface area contributed by atoms with Gasteiger partial charge in [0.05, 0.1) is 17.1 Å². The average Bonchev–Trinajstić information content (AvgIpc) is 3.05. The Morgan fingerprint density at radius 3 is 2.96 bits per heavy atom. The van der Waals surface area contributed by atoms with E-state index in [4.69, 9.17) is 4.52 Å². The lowest BCUT2D eigenvalue weighted by atomic mass is 10.2. The van der Waals surface area contributed by atoms with Crippen molar-refractivity contribution in [1.82, 2.24) is 25.0 Å². The Bertz CT molecular complexity index is 914. The minimum Gasteiger partial charge on any atom is -0.354 e. The number of hydrogen-bond donors (Lipinski definition) is 1. The standard InChI is InChI=1S/C17H18N6O2/c24-16(13-3-7-21-25-13)23-9-1-8-22(10-17(23)4-5-17)15-12-2-6-18-14(12)19-11-20-15/h2-3,6-7,11H,1,4-5,8-10H2,(H,18,19,20). The first-order chi connectivity index (χ1) is 12.3. The Morgan fingerprint density at radius 2 is 2.16 bits per heavy atom. The van der Waals surface area contributed by atoms with Crippen LogP contribution in [0.15, 0.2) is 35.4 Å². The molecule has 0 radical (unpaired) electrons. The van der Waals surface area contributed by atoms with Crippen LogP contribution in [-0.2, 0) is 0 Å². The fraction of sp³-hybridized carbons (Fsp3) is 0.412. The summed E-state index contributed by atoms with van der Waals surface area (Å²) in [6.45, 7) is 2.36. The van der Waals surface area contributed by atoms with Crippen molar-refractivity contribution in [2.75, 3.05) is 24.5 Å². The highest BCUT2D eigenvalue weighted by molar-refractivity contribution is 5.92. The quantitative estimate of drug-likeness (QED) is 0.766. The average molecular weight is 338 g/mol. The highest BCUT2D eigenvalue weighted by Crippen LogP contribution is 2.45. The van der Waals surface area contributed by atoms with Crippen LogP contribution in [0.1, 0.15) is 29.8 Å². The molecule has 1 saturated carbocycles. The van der Waals surface area contributed by atoms with Crippen molar-refractivity contribution >= 4 is 22.8 Å². The molecule has 2 fully saturated rings. The summed E-state index contributed by atoms with van der Waals surface area (Å²) in [4.78, 5) is 29.0. The van der Waals surface area contributed by atoms with E-state index in [1.165, 1.54) is 6.20 Å². The molecule has 25 heavy (non-hydrogen) atoms. The summed E-state index contributed by atoms with van der Waals surface area (Å²) in [6.07, 6.45) is 7.89. The summed E-state index contributed by atoms with van der Waals surface area (Å²) in [7, 11) is 0. The number of hydrogen-bond acceptors (Lipinski definition) is 6. The van der Waals surface area contributed by atoms with Crippen molar-refractivity contribution in [2.24, 2.45) is 0 Å². The van der Waals surface area contributed by atoms with Crippen LogP contribution in [0.3, 0.4) is 0 Å². The first-order valence-electron chi connectivity index (χ1n) is 8.53. The molecule has 0 unspecified atom stereocenters. The minimum atomic E-state index is -0.131. The highest BCUT2D eigenvalue weighted by atomic mass is 16.5. The molecule has 128 valence electrons.